The van der Waals surface area contributed by atoms with Crippen molar-refractivity contribution in [2.75, 3.05) is 20.2 Å². The second kappa shape index (κ2) is 8.51. The summed E-state index contributed by atoms with van der Waals surface area (Å²) < 4.78 is 13.5. The molecule has 0 spiro atoms. The van der Waals surface area contributed by atoms with E-state index in [9.17, 15) is 14.0 Å². The Balaban J connectivity index is 2.79. The fourth-order valence-electron chi connectivity index (χ4n) is 1.87. The molecule has 1 rings (SSSR count). The molecule has 0 heterocycles. The number of nitrogens with zero attached hydrogens (tertiary/aromatic N) is 1. The Morgan fingerprint density at radius 1 is 1.55 bits per heavy atom. The molecule has 5 nitrogen and oxygen atoms in total. The Morgan fingerprint density at radius 2 is 2.23 bits per heavy atom. The number of aliphatic hydroxyl groups excluding tert-OH is 1. The van der Waals surface area contributed by atoms with Gasteiger partial charge in [-0.15, -0.1) is 0 Å². The zero-order valence-corrected chi connectivity index (χ0v) is 12.9. The number of likely N-dealkylation sites (N-methyl/N-ethyl adjacent to an activating group) is 1. The summed E-state index contributed by atoms with van der Waals surface area (Å²) in [6.07, 6.45) is 1.32. The van der Waals surface area contributed by atoms with Gasteiger partial charge < -0.3 is 15.3 Å². The lowest BCUT2D eigenvalue weighted by atomic mass is 10.0. The van der Waals surface area contributed by atoms with Gasteiger partial charge in [-0.05, 0) is 30.2 Å². The molecule has 0 bridgehead atoms. The van der Waals surface area contributed by atoms with Gasteiger partial charge in [0.2, 0.25) is 11.8 Å². The van der Waals surface area contributed by atoms with Gasteiger partial charge in [-0.25, -0.2) is 4.39 Å². The molecule has 0 saturated heterocycles. The molecule has 0 fully saturated rings. The number of carbonyl (C=O) groups excluding carboxylic acids is 2. The Labute approximate surface area is 133 Å². The first-order chi connectivity index (χ1) is 10.4. The third kappa shape index (κ3) is 5.13. The molecule has 120 valence electrons. The van der Waals surface area contributed by atoms with Crippen LogP contribution >= 0.6 is 11.6 Å². The second-order valence-corrected chi connectivity index (χ2v) is 5.11. The van der Waals surface area contributed by atoms with Crippen molar-refractivity contribution >= 4 is 23.4 Å². The number of halogens is 2. The Hall–Kier alpha value is -1.92. The summed E-state index contributed by atoms with van der Waals surface area (Å²) in [5.74, 6) is -1.41. The quantitative estimate of drug-likeness (QED) is 0.748. The third-order valence-corrected chi connectivity index (χ3v) is 3.34. The molecule has 22 heavy (non-hydrogen) atoms. The highest BCUT2D eigenvalue weighted by Crippen LogP contribution is 2.22. The molecule has 2 amide bonds. The predicted octanol–water partition coefficient (Wildman–Crippen LogP) is 1.66. The number of hydrogen-bond acceptors (Lipinski definition) is 3. The number of carbonyl (C=O) groups is 2. The van der Waals surface area contributed by atoms with Gasteiger partial charge >= 0.3 is 0 Å². The number of aliphatic hydroxyl groups is 1. The molecule has 0 aliphatic heterocycles. The van der Waals surface area contributed by atoms with Gasteiger partial charge in [-0.1, -0.05) is 24.2 Å². The molecule has 7 heteroatoms. The van der Waals surface area contributed by atoms with Crippen LogP contribution in [-0.4, -0.2) is 42.0 Å². The fourth-order valence-corrected chi connectivity index (χ4v) is 1.99. The van der Waals surface area contributed by atoms with Crippen LogP contribution in [-0.2, 0) is 9.59 Å². The normalized spacial score (nSPS) is 11.6. The maximum Gasteiger partial charge on any atom is 0.246 e. The van der Waals surface area contributed by atoms with Gasteiger partial charge in [0.05, 0.1) is 17.6 Å². The largest absolute Gasteiger partial charge is 0.396 e. The molecule has 1 atom stereocenters. The lowest BCUT2D eigenvalue weighted by Crippen LogP contribution is -2.39. The molecule has 1 aromatic carbocycles. The topological polar surface area (TPSA) is 69.6 Å². The molecule has 1 unspecified atom stereocenters. The van der Waals surface area contributed by atoms with Crippen molar-refractivity contribution in [1.29, 1.82) is 0 Å². The number of rotatable bonds is 7. The van der Waals surface area contributed by atoms with Crippen LogP contribution in [0.4, 0.5) is 4.39 Å². The summed E-state index contributed by atoms with van der Waals surface area (Å²) in [6.45, 7) is 2.99. The summed E-state index contributed by atoms with van der Waals surface area (Å²) in [7, 11) is 1.46. The SMILES string of the molecule is C=CC(=O)N(C)CC(=O)NC(CCO)c1ccc(Cl)c(F)c1. The van der Waals surface area contributed by atoms with Gasteiger partial charge in [0, 0.05) is 13.7 Å². The molecule has 1 aromatic rings. The highest BCUT2D eigenvalue weighted by molar-refractivity contribution is 6.30. The molecule has 0 aliphatic rings. The van der Waals surface area contributed by atoms with Crippen LogP contribution in [0.25, 0.3) is 0 Å². The molecule has 0 radical (unpaired) electrons. The third-order valence-electron chi connectivity index (χ3n) is 3.03. The van der Waals surface area contributed by atoms with Crippen LogP contribution in [0.5, 0.6) is 0 Å². The smallest absolute Gasteiger partial charge is 0.246 e. The molecule has 0 aromatic heterocycles. The van der Waals surface area contributed by atoms with Crippen LogP contribution < -0.4 is 5.32 Å². The number of benzene rings is 1. The molecule has 0 saturated carbocycles. The van der Waals surface area contributed by atoms with E-state index >= 15 is 0 Å². The summed E-state index contributed by atoms with van der Waals surface area (Å²) >= 11 is 5.62. The standard InChI is InChI=1S/C15H18ClFN2O3/c1-3-15(22)19(2)9-14(21)18-13(6-7-20)10-4-5-11(16)12(17)8-10/h3-5,8,13,20H,1,6-7,9H2,2H3,(H,18,21). The van der Waals surface area contributed by atoms with Crippen LogP contribution in [0.2, 0.25) is 5.02 Å². The first-order valence-corrected chi connectivity index (χ1v) is 6.99. The average Bonchev–Trinajstić information content (AvgIpc) is 2.48. The van der Waals surface area contributed by atoms with E-state index in [0.29, 0.717) is 5.56 Å². The van der Waals surface area contributed by atoms with Crippen molar-refractivity contribution < 1.29 is 19.1 Å². The van der Waals surface area contributed by atoms with Gasteiger partial charge in [0.25, 0.3) is 0 Å². The van der Waals surface area contributed by atoms with E-state index < -0.39 is 17.8 Å². The first kappa shape index (κ1) is 18.1. The van der Waals surface area contributed by atoms with E-state index in [1.807, 2.05) is 0 Å². The van der Waals surface area contributed by atoms with Crippen LogP contribution in [0.15, 0.2) is 30.9 Å². The Bertz CT molecular complexity index is 566. The lowest BCUT2D eigenvalue weighted by Gasteiger charge is -2.21. The van der Waals surface area contributed by atoms with Gasteiger partial charge in [0.1, 0.15) is 5.82 Å². The van der Waals surface area contributed by atoms with E-state index in [-0.39, 0.29) is 30.5 Å². The summed E-state index contributed by atoms with van der Waals surface area (Å²) in [5.41, 5.74) is 0.488. The van der Waals surface area contributed by atoms with Gasteiger partial charge in [-0.3, -0.25) is 9.59 Å². The van der Waals surface area contributed by atoms with Crippen molar-refractivity contribution in [3.63, 3.8) is 0 Å². The molecule has 2 N–H and O–H groups in total. The van der Waals surface area contributed by atoms with E-state index in [4.69, 9.17) is 16.7 Å². The average molecular weight is 329 g/mol. The second-order valence-electron chi connectivity index (χ2n) is 4.70. The Kier molecular flexibility index (Phi) is 7.01. The highest BCUT2D eigenvalue weighted by atomic mass is 35.5. The monoisotopic (exact) mass is 328 g/mol. The van der Waals surface area contributed by atoms with Crippen molar-refractivity contribution in [3.8, 4) is 0 Å². The maximum atomic E-state index is 13.5. The van der Waals surface area contributed by atoms with Crippen molar-refractivity contribution in [3.05, 3.63) is 47.3 Å². The zero-order valence-electron chi connectivity index (χ0n) is 12.2. The Morgan fingerprint density at radius 3 is 2.77 bits per heavy atom. The van der Waals surface area contributed by atoms with Crippen LogP contribution in [0.1, 0.15) is 18.0 Å². The van der Waals surface area contributed by atoms with Gasteiger partial charge in [-0.2, -0.15) is 0 Å². The van der Waals surface area contributed by atoms with Crippen molar-refractivity contribution in [2.45, 2.75) is 12.5 Å². The van der Waals surface area contributed by atoms with Crippen molar-refractivity contribution in [2.24, 2.45) is 0 Å². The summed E-state index contributed by atoms with van der Waals surface area (Å²) in [4.78, 5) is 24.5. The van der Waals surface area contributed by atoms with E-state index in [2.05, 4.69) is 11.9 Å². The fraction of sp³-hybridized carbons (Fsp3) is 0.333. The predicted molar refractivity (Wildman–Crippen MR) is 81.8 cm³/mol. The minimum atomic E-state index is -0.602. The van der Waals surface area contributed by atoms with Gasteiger partial charge in [0.15, 0.2) is 0 Å². The van der Waals surface area contributed by atoms with E-state index in [0.717, 1.165) is 6.08 Å². The maximum absolute atomic E-state index is 13.5. The molecular formula is C15H18ClFN2O3. The zero-order chi connectivity index (χ0) is 16.7. The van der Waals surface area contributed by atoms with Crippen LogP contribution in [0, 0.1) is 5.82 Å². The summed E-state index contributed by atoms with van der Waals surface area (Å²) in [6, 6.07) is 3.60. The van der Waals surface area contributed by atoms with Crippen LogP contribution in [0.3, 0.4) is 0 Å². The number of amides is 2. The van der Waals surface area contributed by atoms with E-state index in [1.54, 1.807) is 6.07 Å². The van der Waals surface area contributed by atoms with Crippen molar-refractivity contribution in [1.82, 2.24) is 10.2 Å². The highest BCUT2D eigenvalue weighted by Gasteiger charge is 2.17. The molecular weight excluding hydrogens is 311 g/mol. The minimum absolute atomic E-state index is 0.0193. The lowest BCUT2D eigenvalue weighted by molar-refractivity contribution is -0.131. The first-order valence-electron chi connectivity index (χ1n) is 6.61. The van der Waals surface area contributed by atoms with E-state index in [1.165, 1.54) is 24.1 Å². The molecule has 0 aliphatic carbocycles. The summed E-state index contributed by atoms with van der Waals surface area (Å²) in [5, 5.41) is 11.7. The number of hydrogen-bond donors (Lipinski definition) is 2. The minimum Gasteiger partial charge on any atom is -0.396 e. The number of nitrogens with one attached hydrogen (secondary N) is 1.